The molecule has 0 saturated heterocycles. The van der Waals surface area contributed by atoms with Crippen LogP contribution < -0.4 is 10.6 Å². The van der Waals surface area contributed by atoms with Gasteiger partial charge in [-0.25, -0.2) is 9.97 Å². The Labute approximate surface area is 109 Å². The first-order valence-electron chi connectivity index (χ1n) is 6.39. The Balaban J connectivity index is 2.77. The molecule has 1 unspecified atom stereocenters. The highest BCUT2D eigenvalue weighted by atomic mass is 16.5. The third-order valence-electron chi connectivity index (χ3n) is 2.67. The van der Waals surface area contributed by atoms with Crippen LogP contribution in [0.25, 0.3) is 0 Å². The molecule has 0 fully saturated rings. The van der Waals surface area contributed by atoms with Crippen molar-refractivity contribution in [3.8, 4) is 0 Å². The first-order valence-corrected chi connectivity index (χ1v) is 6.39. The highest BCUT2D eigenvalue weighted by molar-refractivity contribution is 5.47. The van der Waals surface area contributed by atoms with E-state index in [-0.39, 0.29) is 0 Å². The first kappa shape index (κ1) is 14.7. The number of ether oxygens (including phenoxy) is 1. The van der Waals surface area contributed by atoms with E-state index in [1.807, 2.05) is 13.1 Å². The summed E-state index contributed by atoms with van der Waals surface area (Å²) in [5.41, 5.74) is 0. The van der Waals surface area contributed by atoms with E-state index in [1.54, 1.807) is 7.11 Å². The molecule has 0 aromatic carbocycles. The van der Waals surface area contributed by atoms with Crippen LogP contribution in [0.5, 0.6) is 0 Å². The average Bonchev–Trinajstić information content (AvgIpc) is 2.35. The molecule has 2 N–H and O–H groups in total. The second kappa shape index (κ2) is 7.16. The van der Waals surface area contributed by atoms with Crippen LogP contribution in [0.2, 0.25) is 0 Å². The van der Waals surface area contributed by atoms with Crippen molar-refractivity contribution in [3.63, 3.8) is 0 Å². The Bertz CT molecular complexity index is 368. The standard InChI is InChI=1S/C13H24N4O/c1-9(2)13-16-11(14-4)8-12(17-13)15-10(3)6-7-18-5/h8-10H,6-7H2,1-5H3,(H2,14,15,16,17). The van der Waals surface area contributed by atoms with Gasteiger partial charge in [0.05, 0.1) is 0 Å². The highest BCUT2D eigenvalue weighted by Crippen LogP contribution is 2.17. The number of nitrogens with zero attached hydrogens (tertiary/aromatic N) is 2. The van der Waals surface area contributed by atoms with Crippen molar-refractivity contribution in [2.24, 2.45) is 0 Å². The lowest BCUT2D eigenvalue weighted by Crippen LogP contribution is -2.19. The summed E-state index contributed by atoms with van der Waals surface area (Å²) < 4.78 is 5.07. The molecule has 0 bridgehead atoms. The second-order valence-corrected chi connectivity index (χ2v) is 4.73. The van der Waals surface area contributed by atoms with Gasteiger partial charge in [-0.15, -0.1) is 0 Å². The van der Waals surface area contributed by atoms with E-state index < -0.39 is 0 Å². The quantitative estimate of drug-likeness (QED) is 0.780. The largest absolute Gasteiger partial charge is 0.385 e. The van der Waals surface area contributed by atoms with Gasteiger partial charge in [0.1, 0.15) is 17.5 Å². The Hall–Kier alpha value is -1.36. The zero-order valence-electron chi connectivity index (χ0n) is 11.9. The maximum absolute atomic E-state index is 5.07. The fourth-order valence-corrected chi connectivity index (χ4v) is 1.55. The zero-order chi connectivity index (χ0) is 13.5. The SMILES string of the molecule is CNc1cc(NC(C)CCOC)nc(C(C)C)n1. The molecule has 1 atom stereocenters. The first-order chi connectivity index (χ1) is 8.56. The highest BCUT2D eigenvalue weighted by Gasteiger charge is 2.09. The molecule has 1 heterocycles. The van der Waals surface area contributed by atoms with Crippen LogP contribution in [0, 0.1) is 0 Å². The summed E-state index contributed by atoms with van der Waals surface area (Å²) in [6.07, 6.45) is 0.951. The molecular formula is C13H24N4O. The van der Waals surface area contributed by atoms with E-state index in [9.17, 15) is 0 Å². The number of anilines is 2. The second-order valence-electron chi connectivity index (χ2n) is 4.73. The van der Waals surface area contributed by atoms with Crippen molar-refractivity contribution in [2.45, 2.75) is 39.2 Å². The van der Waals surface area contributed by atoms with E-state index in [2.05, 4.69) is 41.4 Å². The van der Waals surface area contributed by atoms with E-state index in [4.69, 9.17) is 4.74 Å². The van der Waals surface area contributed by atoms with Gasteiger partial charge in [-0.05, 0) is 13.3 Å². The monoisotopic (exact) mass is 252 g/mol. The zero-order valence-corrected chi connectivity index (χ0v) is 11.9. The van der Waals surface area contributed by atoms with Crippen LogP contribution in [-0.4, -0.2) is 36.8 Å². The Kier molecular flexibility index (Phi) is 5.85. The summed E-state index contributed by atoms with van der Waals surface area (Å²) in [6.45, 7) is 7.05. The summed E-state index contributed by atoms with van der Waals surface area (Å²) in [5.74, 6) is 2.87. The third kappa shape index (κ3) is 4.49. The molecule has 0 radical (unpaired) electrons. The van der Waals surface area contributed by atoms with Crippen molar-refractivity contribution in [3.05, 3.63) is 11.9 Å². The molecule has 0 spiro atoms. The Morgan fingerprint density at radius 3 is 2.44 bits per heavy atom. The van der Waals surface area contributed by atoms with Gasteiger partial charge in [0.25, 0.3) is 0 Å². The van der Waals surface area contributed by atoms with Gasteiger partial charge in [-0.2, -0.15) is 0 Å². The molecule has 0 saturated carbocycles. The number of aromatic nitrogens is 2. The lowest BCUT2D eigenvalue weighted by Gasteiger charge is -2.16. The molecule has 1 aromatic heterocycles. The van der Waals surface area contributed by atoms with Crippen LogP contribution in [0.3, 0.4) is 0 Å². The van der Waals surface area contributed by atoms with Gasteiger partial charge in [0.2, 0.25) is 0 Å². The molecular weight excluding hydrogens is 228 g/mol. The van der Waals surface area contributed by atoms with Crippen LogP contribution in [-0.2, 0) is 4.74 Å². The molecule has 0 aliphatic rings. The molecule has 102 valence electrons. The number of nitrogens with one attached hydrogen (secondary N) is 2. The van der Waals surface area contributed by atoms with Gasteiger partial charge >= 0.3 is 0 Å². The van der Waals surface area contributed by atoms with Gasteiger partial charge < -0.3 is 15.4 Å². The van der Waals surface area contributed by atoms with E-state index in [1.165, 1.54) is 0 Å². The van der Waals surface area contributed by atoms with Crippen LogP contribution in [0.15, 0.2) is 6.07 Å². The smallest absolute Gasteiger partial charge is 0.135 e. The van der Waals surface area contributed by atoms with Crippen LogP contribution in [0.4, 0.5) is 11.6 Å². The lowest BCUT2D eigenvalue weighted by atomic mass is 10.2. The molecule has 0 amide bonds. The van der Waals surface area contributed by atoms with Crippen molar-refractivity contribution in [1.29, 1.82) is 0 Å². The average molecular weight is 252 g/mol. The Morgan fingerprint density at radius 2 is 1.89 bits per heavy atom. The number of rotatable bonds is 7. The molecule has 1 rings (SSSR count). The minimum absolute atomic E-state index is 0.313. The normalized spacial score (nSPS) is 12.6. The van der Waals surface area contributed by atoms with Crippen molar-refractivity contribution in [2.75, 3.05) is 31.4 Å². The van der Waals surface area contributed by atoms with Crippen molar-refractivity contribution in [1.82, 2.24) is 9.97 Å². The topological polar surface area (TPSA) is 59.1 Å². The van der Waals surface area contributed by atoms with Gasteiger partial charge in [-0.3, -0.25) is 0 Å². The van der Waals surface area contributed by atoms with Gasteiger partial charge in [0.15, 0.2) is 0 Å². The fourth-order valence-electron chi connectivity index (χ4n) is 1.55. The van der Waals surface area contributed by atoms with Crippen molar-refractivity contribution < 1.29 is 4.74 Å². The summed E-state index contributed by atoms with van der Waals surface area (Å²) in [6, 6.07) is 2.25. The molecule has 0 aliphatic carbocycles. The van der Waals surface area contributed by atoms with E-state index >= 15 is 0 Å². The number of methoxy groups -OCH3 is 1. The predicted octanol–water partition coefficient (Wildman–Crippen LogP) is 2.48. The van der Waals surface area contributed by atoms with Crippen LogP contribution in [0.1, 0.15) is 38.9 Å². The van der Waals surface area contributed by atoms with Gasteiger partial charge in [-0.1, -0.05) is 13.8 Å². The van der Waals surface area contributed by atoms with Crippen molar-refractivity contribution >= 4 is 11.6 Å². The molecule has 5 heteroatoms. The maximum atomic E-state index is 5.07. The number of hydrogen-bond acceptors (Lipinski definition) is 5. The lowest BCUT2D eigenvalue weighted by molar-refractivity contribution is 0.191. The molecule has 1 aromatic rings. The maximum Gasteiger partial charge on any atom is 0.135 e. The minimum Gasteiger partial charge on any atom is -0.385 e. The predicted molar refractivity (Wildman–Crippen MR) is 75.2 cm³/mol. The van der Waals surface area contributed by atoms with E-state index in [0.29, 0.717) is 12.0 Å². The molecule has 18 heavy (non-hydrogen) atoms. The summed E-state index contributed by atoms with van der Waals surface area (Å²) in [4.78, 5) is 8.96. The number of hydrogen-bond donors (Lipinski definition) is 2. The Morgan fingerprint density at radius 1 is 1.22 bits per heavy atom. The summed E-state index contributed by atoms with van der Waals surface area (Å²) in [5, 5.41) is 6.44. The molecule has 5 nitrogen and oxygen atoms in total. The third-order valence-corrected chi connectivity index (χ3v) is 2.67. The minimum atomic E-state index is 0.313. The van der Waals surface area contributed by atoms with E-state index in [0.717, 1.165) is 30.5 Å². The van der Waals surface area contributed by atoms with Crippen LogP contribution >= 0.6 is 0 Å². The van der Waals surface area contributed by atoms with Gasteiger partial charge in [0, 0.05) is 38.8 Å². The molecule has 0 aliphatic heterocycles. The summed E-state index contributed by atoms with van der Waals surface area (Å²) in [7, 11) is 3.58. The summed E-state index contributed by atoms with van der Waals surface area (Å²) >= 11 is 0. The fraction of sp³-hybridized carbons (Fsp3) is 0.692.